The van der Waals surface area contributed by atoms with Crippen molar-refractivity contribution in [2.75, 3.05) is 6.61 Å². The van der Waals surface area contributed by atoms with Crippen molar-refractivity contribution in [3.05, 3.63) is 29.3 Å². The van der Waals surface area contributed by atoms with E-state index < -0.39 is 5.97 Å². The Morgan fingerprint density at radius 3 is 2.35 bits per heavy atom. The third-order valence-electron chi connectivity index (χ3n) is 3.26. The van der Waals surface area contributed by atoms with Gasteiger partial charge in [0.15, 0.2) is 0 Å². The van der Waals surface area contributed by atoms with E-state index in [1.54, 1.807) is 12.1 Å². The number of para-hydroxylation sites is 1. The summed E-state index contributed by atoms with van der Waals surface area (Å²) in [6, 6.07) is 5.39. The normalized spacial score (nSPS) is 11.1. The Kier molecular flexibility index (Phi) is 6.56. The molecule has 0 bridgehead atoms. The number of carbonyl (C=O) groups is 1. The van der Waals surface area contributed by atoms with Crippen LogP contribution < -0.4 is 4.74 Å². The summed E-state index contributed by atoms with van der Waals surface area (Å²) in [5.74, 6) is 0.773. The highest BCUT2D eigenvalue weighted by molar-refractivity contribution is 5.91. The Morgan fingerprint density at radius 1 is 1.15 bits per heavy atom. The standard InChI is InChI=1S/C17H26O3/c1-12(2)8-9-14-6-5-7-15(17(18)19)16(14)20-11-10-13(3)4/h5-7,12-13H,8-11H2,1-4H3,(H,18,19). The minimum atomic E-state index is -0.920. The summed E-state index contributed by atoms with van der Waals surface area (Å²) >= 11 is 0. The Labute approximate surface area is 122 Å². The molecule has 1 N–H and O–H groups in total. The van der Waals surface area contributed by atoms with Crippen LogP contribution in [0.4, 0.5) is 0 Å². The van der Waals surface area contributed by atoms with Crippen LogP contribution in [0.2, 0.25) is 0 Å². The first-order valence-electron chi connectivity index (χ1n) is 7.39. The number of benzene rings is 1. The van der Waals surface area contributed by atoms with Gasteiger partial charge < -0.3 is 9.84 Å². The van der Waals surface area contributed by atoms with Gasteiger partial charge in [0.2, 0.25) is 0 Å². The Bertz CT molecular complexity index is 436. The summed E-state index contributed by atoms with van der Waals surface area (Å²) in [4.78, 5) is 11.3. The summed E-state index contributed by atoms with van der Waals surface area (Å²) in [7, 11) is 0. The fraction of sp³-hybridized carbons (Fsp3) is 0.588. The van der Waals surface area contributed by atoms with Gasteiger partial charge in [-0.25, -0.2) is 4.79 Å². The van der Waals surface area contributed by atoms with Gasteiger partial charge >= 0.3 is 5.97 Å². The molecule has 0 aliphatic carbocycles. The smallest absolute Gasteiger partial charge is 0.339 e. The molecule has 0 aliphatic heterocycles. The van der Waals surface area contributed by atoms with Crippen molar-refractivity contribution in [2.45, 2.75) is 47.0 Å². The molecule has 0 saturated heterocycles. The molecule has 1 rings (SSSR count). The van der Waals surface area contributed by atoms with Crippen molar-refractivity contribution in [1.82, 2.24) is 0 Å². The number of hydrogen-bond acceptors (Lipinski definition) is 2. The predicted molar refractivity (Wildman–Crippen MR) is 81.5 cm³/mol. The molecule has 0 aliphatic rings. The molecular weight excluding hydrogens is 252 g/mol. The second-order valence-corrected chi connectivity index (χ2v) is 6.06. The van der Waals surface area contributed by atoms with Crippen LogP contribution >= 0.6 is 0 Å². The van der Waals surface area contributed by atoms with Crippen molar-refractivity contribution in [2.24, 2.45) is 11.8 Å². The van der Waals surface area contributed by atoms with Gasteiger partial charge in [-0.2, -0.15) is 0 Å². The Hall–Kier alpha value is -1.51. The number of hydrogen-bond donors (Lipinski definition) is 1. The molecule has 0 aromatic heterocycles. The van der Waals surface area contributed by atoms with E-state index in [0.29, 0.717) is 24.2 Å². The van der Waals surface area contributed by atoms with E-state index >= 15 is 0 Å². The maximum absolute atomic E-state index is 11.3. The van der Waals surface area contributed by atoms with E-state index in [-0.39, 0.29) is 5.56 Å². The van der Waals surface area contributed by atoms with Crippen LogP contribution in [-0.2, 0) is 6.42 Å². The SMILES string of the molecule is CC(C)CCOc1c(CCC(C)C)cccc1C(=O)O. The van der Waals surface area contributed by atoms with Gasteiger partial charge in [-0.3, -0.25) is 0 Å². The fourth-order valence-electron chi connectivity index (χ4n) is 1.96. The number of rotatable bonds is 8. The van der Waals surface area contributed by atoms with Crippen molar-refractivity contribution >= 4 is 5.97 Å². The Morgan fingerprint density at radius 2 is 1.80 bits per heavy atom. The van der Waals surface area contributed by atoms with E-state index in [1.165, 1.54) is 0 Å². The molecule has 0 heterocycles. The van der Waals surface area contributed by atoms with E-state index in [1.807, 2.05) is 6.07 Å². The van der Waals surface area contributed by atoms with Gasteiger partial charge in [0.05, 0.1) is 6.61 Å². The van der Waals surface area contributed by atoms with E-state index in [2.05, 4.69) is 27.7 Å². The van der Waals surface area contributed by atoms with Gasteiger partial charge in [0.25, 0.3) is 0 Å². The van der Waals surface area contributed by atoms with Crippen molar-refractivity contribution in [3.8, 4) is 5.75 Å². The average molecular weight is 278 g/mol. The molecule has 0 fully saturated rings. The lowest BCUT2D eigenvalue weighted by atomic mass is 9.99. The summed E-state index contributed by atoms with van der Waals surface area (Å²) in [6.07, 6.45) is 2.82. The van der Waals surface area contributed by atoms with Gasteiger partial charge in [-0.15, -0.1) is 0 Å². The molecule has 1 aromatic rings. The van der Waals surface area contributed by atoms with Gasteiger partial charge in [-0.05, 0) is 42.7 Å². The van der Waals surface area contributed by atoms with Crippen LogP contribution in [-0.4, -0.2) is 17.7 Å². The quantitative estimate of drug-likeness (QED) is 0.766. The van der Waals surface area contributed by atoms with E-state index in [9.17, 15) is 9.90 Å². The van der Waals surface area contributed by atoms with Crippen molar-refractivity contribution < 1.29 is 14.6 Å². The lowest BCUT2D eigenvalue weighted by Gasteiger charge is -2.15. The summed E-state index contributed by atoms with van der Waals surface area (Å²) in [5.41, 5.74) is 1.28. The molecule has 3 heteroatoms. The highest BCUT2D eigenvalue weighted by atomic mass is 16.5. The van der Waals surface area contributed by atoms with Crippen molar-refractivity contribution in [3.63, 3.8) is 0 Å². The molecule has 0 radical (unpaired) electrons. The van der Waals surface area contributed by atoms with Crippen LogP contribution in [0.5, 0.6) is 5.75 Å². The number of aromatic carboxylic acids is 1. The van der Waals surface area contributed by atoms with Gasteiger partial charge in [0.1, 0.15) is 11.3 Å². The fourth-order valence-corrected chi connectivity index (χ4v) is 1.96. The van der Waals surface area contributed by atoms with Crippen molar-refractivity contribution in [1.29, 1.82) is 0 Å². The molecule has 0 amide bonds. The minimum Gasteiger partial charge on any atom is -0.492 e. The first-order valence-corrected chi connectivity index (χ1v) is 7.39. The average Bonchev–Trinajstić information content (AvgIpc) is 2.36. The van der Waals surface area contributed by atoms with E-state index in [0.717, 1.165) is 24.8 Å². The number of carboxylic acid groups (broad SMARTS) is 1. The first kappa shape index (κ1) is 16.5. The molecule has 0 saturated carbocycles. The third-order valence-corrected chi connectivity index (χ3v) is 3.26. The second kappa shape index (κ2) is 7.93. The first-order chi connectivity index (χ1) is 9.41. The molecule has 20 heavy (non-hydrogen) atoms. The number of ether oxygens (including phenoxy) is 1. The maximum Gasteiger partial charge on any atom is 0.339 e. The molecule has 112 valence electrons. The molecule has 0 unspecified atom stereocenters. The lowest BCUT2D eigenvalue weighted by Crippen LogP contribution is -2.09. The monoisotopic (exact) mass is 278 g/mol. The molecule has 0 atom stereocenters. The van der Waals surface area contributed by atoms with Gasteiger partial charge in [-0.1, -0.05) is 39.8 Å². The van der Waals surface area contributed by atoms with Crippen LogP contribution in [0.15, 0.2) is 18.2 Å². The summed E-state index contributed by atoms with van der Waals surface area (Å²) < 4.78 is 5.79. The highest BCUT2D eigenvalue weighted by Crippen LogP contribution is 2.27. The minimum absolute atomic E-state index is 0.273. The number of aryl methyl sites for hydroxylation is 1. The third kappa shape index (κ3) is 5.24. The Balaban J connectivity index is 2.91. The summed E-state index contributed by atoms with van der Waals surface area (Å²) in [5, 5.41) is 9.30. The van der Waals surface area contributed by atoms with Crippen LogP contribution in [0.1, 0.15) is 56.5 Å². The largest absolute Gasteiger partial charge is 0.492 e. The molecule has 1 aromatic carbocycles. The number of carboxylic acids is 1. The topological polar surface area (TPSA) is 46.5 Å². The molecule has 3 nitrogen and oxygen atoms in total. The van der Waals surface area contributed by atoms with Gasteiger partial charge in [0, 0.05) is 0 Å². The zero-order chi connectivity index (χ0) is 15.1. The summed E-state index contributed by atoms with van der Waals surface area (Å²) in [6.45, 7) is 9.16. The lowest BCUT2D eigenvalue weighted by molar-refractivity contribution is 0.0691. The zero-order valence-corrected chi connectivity index (χ0v) is 13.0. The zero-order valence-electron chi connectivity index (χ0n) is 13.0. The van der Waals surface area contributed by atoms with Crippen LogP contribution in [0, 0.1) is 11.8 Å². The van der Waals surface area contributed by atoms with Crippen LogP contribution in [0.3, 0.4) is 0 Å². The van der Waals surface area contributed by atoms with Crippen LogP contribution in [0.25, 0.3) is 0 Å². The highest BCUT2D eigenvalue weighted by Gasteiger charge is 2.15. The van der Waals surface area contributed by atoms with E-state index in [4.69, 9.17) is 4.74 Å². The predicted octanol–water partition coefficient (Wildman–Crippen LogP) is 4.40. The molecular formula is C17H26O3. The molecule has 0 spiro atoms. The second-order valence-electron chi connectivity index (χ2n) is 6.06. The maximum atomic E-state index is 11.3.